The van der Waals surface area contributed by atoms with E-state index in [-0.39, 0.29) is 5.11 Å². The van der Waals surface area contributed by atoms with Gasteiger partial charge in [-0.25, -0.2) is 4.79 Å². The van der Waals surface area contributed by atoms with Crippen LogP contribution in [0.3, 0.4) is 0 Å². The Labute approximate surface area is 141 Å². The lowest BCUT2D eigenvalue weighted by Gasteiger charge is -2.17. The molecule has 0 aromatic heterocycles. The van der Waals surface area contributed by atoms with Crippen LogP contribution in [0.5, 0.6) is 11.5 Å². The Balaban J connectivity index is 3.02. The fraction of sp³-hybridized carbons (Fsp3) is 0.308. The standard InChI is InChI=1S/C13H16BrN3O4S/c1-7(12(18)20-3)21-11-9(14)4-8(5-10(11)19-2)6-16-17-13(15)22/h4-7H,1-3H3,(H3,15,17,22). The highest BCUT2D eigenvalue weighted by atomic mass is 79.9. The number of nitrogens with zero attached hydrogens (tertiary/aromatic N) is 1. The maximum Gasteiger partial charge on any atom is 0.346 e. The number of methoxy groups -OCH3 is 2. The number of thiocarbonyl (C=S) groups is 1. The van der Waals surface area contributed by atoms with Gasteiger partial charge in [0, 0.05) is 0 Å². The van der Waals surface area contributed by atoms with Crippen LogP contribution < -0.4 is 20.6 Å². The van der Waals surface area contributed by atoms with Crippen LogP contribution in [0.25, 0.3) is 0 Å². The lowest BCUT2D eigenvalue weighted by atomic mass is 10.2. The van der Waals surface area contributed by atoms with Crippen LogP contribution >= 0.6 is 28.1 Å². The molecule has 1 rings (SSSR count). The minimum absolute atomic E-state index is 0.0640. The minimum atomic E-state index is -0.772. The highest BCUT2D eigenvalue weighted by molar-refractivity contribution is 9.10. The van der Waals surface area contributed by atoms with E-state index in [0.717, 1.165) is 0 Å². The Hall–Kier alpha value is -1.87. The number of rotatable bonds is 6. The van der Waals surface area contributed by atoms with Gasteiger partial charge < -0.3 is 19.9 Å². The maximum absolute atomic E-state index is 11.4. The molecule has 3 N–H and O–H groups in total. The summed E-state index contributed by atoms with van der Waals surface area (Å²) in [4.78, 5) is 11.4. The van der Waals surface area contributed by atoms with Gasteiger partial charge in [0.1, 0.15) is 0 Å². The molecule has 1 atom stereocenters. The van der Waals surface area contributed by atoms with Gasteiger partial charge in [0.15, 0.2) is 22.7 Å². The first-order valence-electron chi connectivity index (χ1n) is 6.09. The van der Waals surface area contributed by atoms with Crippen molar-refractivity contribution in [3.05, 3.63) is 22.2 Å². The third-order valence-electron chi connectivity index (χ3n) is 2.47. The molecule has 0 bridgehead atoms. The summed E-state index contributed by atoms with van der Waals surface area (Å²) in [5, 5.41) is 3.92. The molecular formula is C13H16BrN3O4S. The van der Waals surface area contributed by atoms with Crippen LogP contribution in [0.1, 0.15) is 12.5 Å². The third kappa shape index (κ3) is 5.15. The van der Waals surface area contributed by atoms with Crippen molar-refractivity contribution in [3.63, 3.8) is 0 Å². The Morgan fingerprint density at radius 2 is 2.18 bits per heavy atom. The lowest BCUT2D eigenvalue weighted by Crippen LogP contribution is -2.25. The first-order valence-corrected chi connectivity index (χ1v) is 7.29. The molecule has 120 valence electrons. The molecule has 0 spiro atoms. The first-order chi connectivity index (χ1) is 10.4. The number of ether oxygens (including phenoxy) is 3. The molecule has 0 aliphatic heterocycles. The fourth-order valence-corrected chi connectivity index (χ4v) is 2.10. The first kappa shape index (κ1) is 18.2. The Bertz CT molecular complexity index is 595. The van der Waals surface area contributed by atoms with E-state index in [1.54, 1.807) is 19.1 Å². The highest BCUT2D eigenvalue weighted by Crippen LogP contribution is 2.37. The zero-order valence-electron chi connectivity index (χ0n) is 12.3. The predicted molar refractivity (Wildman–Crippen MR) is 90.3 cm³/mol. The summed E-state index contributed by atoms with van der Waals surface area (Å²) in [6, 6.07) is 3.43. The van der Waals surface area contributed by atoms with Crippen molar-refractivity contribution in [1.29, 1.82) is 0 Å². The van der Waals surface area contributed by atoms with Crippen LogP contribution in [-0.2, 0) is 9.53 Å². The van der Waals surface area contributed by atoms with E-state index in [9.17, 15) is 4.79 Å². The molecule has 1 unspecified atom stereocenters. The van der Waals surface area contributed by atoms with Crippen LogP contribution in [0.2, 0.25) is 0 Å². The number of hydrogen-bond acceptors (Lipinski definition) is 6. The Kier molecular flexibility index (Phi) is 7.06. The van der Waals surface area contributed by atoms with E-state index < -0.39 is 12.1 Å². The van der Waals surface area contributed by atoms with Gasteiger partial charge in [-0.2, -0.15) is 5.10 Å². The molecule has 7 nitrogen and oxygen atoms in total. The summed E-state index contributed by atoms with van der Waals surface area (Å²) < 4.78 is 16.1. The number of nitrogens with two attached hydrogens (primary N) is 1. The number of hydrogen-bond donors (Lipinski definition) is 2. The molecule has 0 radical (unpaired) electrons. The van der Waals surface area contributed by atoms with Gasteiger partial charge in [0.05, 0.1) is 24.9 Å². The molecule has 1 aromatic carbocycles. The second-order valence-corrected chi connectivity index (χ2v) is 5.35. The van der Waals surface area contributed by atoms with E-state index >= 15 is 0 Å². The summed E-state index contributed by atoms with van der Waals surface area (Å²) in [6.07, 6.45) is 0.742. The van der Waals surface area contributed by atoms with Gasteiger partial charge in [-0.1, -0.05) is 0 Å². The average molecular weight is 390 g/mol. The van der Waals surface area contributed by atoms with Crippen molar-refractivity contribution in [1.82, 2.24) is 5.43 Å². The van der Waals surface area contributed by atoms with Crippen molar-refractivity contribution in [2.45, 2.75) is 13.0 Å². The molecule has 0 aliphatic rings. The number of carbonyl (C=O) groups excluding carboxylic acids is 1. The summed E-state index contributed by atoms with van der Waals surface area (Å²) in [7, 11) is 2.79. The number of halogens is 1. The van der Waals surface area contributed by atoms with Gasteiger partial charge in [-0.3, -0.25) is 5.43 Å². The van der Waals surface area contributed by atoms with Gasteiger partial charge >= 0.3 is 5.97 Å². The van der Waals surface area contributed by atoms with E-state index in [1.807, 2.05) is 0 Å². The van der Waals surface area contributed by atoms with E-state index in [2.05, 4.69) is 43.4 Å². The molecular weight excluding hydrogens is 374 g/mol. The van der Waals surface area contributed by atoms with Gasteiger partial charge in [0.25, 0.3) is 0 Å². The molecule has 0 amide bonds. The van der Waals surface area contributed by atoms with Crippen LogP contribution in [0.4, 0.5) is 0 Å². The lowest BCUT2D eigenvalue weighted by molar-refractivity contribution is -0.147. The van der Waals surface area contributed by atoms with Gasteiger partial charge in [-0.05, 0) is 52.8 Å². The summed E-state index contributed by atoms with van der Waals surface area (Å²) in [5.74, 6) is 0.335. The fourth-order valence-electron chi connectivity index (χ4n) is 1.49. The minimum Gasteiger partial charge on any atom is -0.493 e. The zero-order valence-corrected chi connectivity index (χ0v) is 14.7. The Morgan fingerprint density at radius 1 is 1.50 bits per heavy atom. The molecule has 0 fully saturated rings. The molecule has 0 saturated heterocycles. The number of benzene rings is 1. The highest BCUT2D eigenvalue weighted by Gasteiger charge is 2.19. The van der Waals surface area contributed by atoms with Crippen molar-refractivity contribution in [2.24, 2.45) is 10.8 Å². The molecule has 0 aliphatic carbocycles. The molecule has 9 heteroatoms. The van der Waals surface area contributed by atoms with E-state index in [0.29, 0.717) is 21.5 Å². The van der Waals surface area contributed by atoms with Gasteiger partial charge in [-0.15, -0.1) is 0 Å². The largest absolute Gasteiger partial charge is 0.493 e. The Morgan fingerprint density at radius 3 is 2.73 bits per heavy atom. The molecule has 0 saturated carbocycles. The summed E-state index contributed by atoms with van der Waals surface area (Å²) >= 11 is 8.01. The molecule has 22 heavy (non-hydrogen) atoms. The average Bonchev–Trinajstić information content (AvgIpc) is 2.48. The maximum atomic E-state index is 11.4. The summed E-state index contributed by atoms with van der Waals surface area (Å²) in [6.45, 7) is 1.58. The topological polar surface area (TPSA) is 95.2 Å². The smallest absolute Gasteiger partial charge is 0.346 e. The number of nitrogens with one attached hydrogen (secondary N) is 1. The number of esters is 1. The predicted octanol–water partition coefficient (Wildman–Crippen LogP) is 1.57. The normalized spacial score (nSPS) is 11.8. The van der Waals surface area contributed by atoms with E-state index in [4.69, 9.17) is 15.2 Å². The van der Waals surface area contributed by atoms with Crippen molar-refractivity contribution in [2.75, 3.05) is 14.2 Å². The quantitative estimate of drug-likeness (QED) is 0.330. The van der Waals surface area contributed by atoms with Crippen LogP contribution in [-0.4, -0.2) is 37.6 Å². The molecule has 0 heterocycles. The van der Waals surface area contributed by atoms with E-state index in [1.165, 1.54) is 20.4 Å². The van der Waals surface area contributed by atoms with Crippen LogP contribution in [0.15, 0.2) is 21.7 Å². The molecule has 1 aromatic rings. The summed E-state index contributed by atoms with van der Waals surface area (Å²) in [5.41, 5.74) is 8.44. The van der Waals surface area contributed by atoms with Gasteiger partial charge in [0.2, 0.25) is 0 Å². The SMILES string of the molecule is COC(=O)C(C)Oc1c(Br)cc(C=NNC(N)=S)cc1OC. The van der Waals surface area contributed by atoms with Crippen molar-refractivity contribution in [3.8, 4) is 11.5 Å². The van der Waals surface area contributed by atoms with Crippen molar-refractivity contribution >= 4 is 45.4 Å². The monoisotopic (exact) mass is 389 g/mol. The zero-order chi connectivity index (χ0) is 16.7. The third-order valence-corrected chi connectivity index (χ3v) is 3.15. The van der Waals surface area contributed by atoms with Crippen molar-refractivity contribution < 1.29 is 19.0 Å². The second kappa shape index (κ2) is 8.54. The second-order valence-electron chi connectivity index (χ2n) is 4.05. The van der Waals surface area contributed by atoms with Crippen LogP contribution in [0, 0.1) is 0 Å². The number of carbonyl (C=O) groups is 1. The number of hydrazone groups is 1.